The molecule has 0 N–H and O–H groups in total. The van der Waals surface area contributed by atoms with Crippen molar-refractivity contribution in [3.63, 3.8) is 0 Å². The van der Waals surface area contributed by atoms with Crippen LogP contribution in [0, 0.1) is 0 Å². The van der Waals surface area contributed by atoms with Gasteiger partial charge in [-0.1, -0.05) is 161 Å². The maximum Gasteiger partial charge on any atom is 0.145 e. The molecule has 0 amide bonds. The molecule has 4 nitrogen and oxygen atoms in total. The van der Waals surface area contributed by atoms with Gasteiger partial charge in [-0.05, 0) is 140 Å². The minimum absolute atomic E-state index is 0.183. The number of rotatable bonds is 6. The van der Waals surface area contributed by atoms with Crippen molar-refractivity contribution in [2.24, 2.45) is 0 Å². The zero-order valence-electron chi connectivity index (χ0n) is 37.4. The molecule has 9 aromatic carbocycles. The van der Waals surface area contributed by atoms with Crippen LogP contribution in [0.15, 0.2) is 206 Å². The normalized spacial score (nSPS) is 14.0. The summed E-state index contributed by atoms with van der Waals surface area (Å²) in [5.74, 6) is 1.89. The molecule has 2 aliphatic carbocycles. The maximum absolute atomic E-state index is 5.11. The molecule has 66 heavy (non-hydrogen) atoms. The lowest BCUT2D eigenvalue weighted by atomic mass is 9.79. The highest BCUT2D eigenvalue weighted by Gasteiger charge is 2.42. The Labute approximate surface area is 385 Å². The molecule has 2 aromatic heterocycles. The zero-order chi connectivity index (χ0) is 44.3. The molecule has 0 aliphatic heterocycles. The van der Waals surface area contributed by atoms with E-state index in [-0.39, 0.29) is 10.8 Å². The average Bonchev–Trinajstić information content (AvgIpc) is 4.07. The second kappa shape index (κ2) is 14.2. The van der Waals surface area contributed by atoms with Crippen molar-refractivity contribution in [2.75, 3.05) is 0 Å². The van der Waals surface area contributed by atoms with E-state index >= 15 is 0 Å². The summed E-state index contributed by atoms with van der Waals surface area (Å²) in [7, 11) is 0. The highest BCUT2D eigenvalue weighted by atomic mass is 15.1. The number of hydrogen-bond donors (Lipinski definition) is 0. The first-order chi connectivity index (χ1) is 32.2. The van der Waals surface area contributed by atoms with Crippen LogP contribution in [0.25, 0.3) is 101 Å². The fraction of sp³-hybridized carbons (Fsp3) is 0.0968. The van der Waals surface area contributed by atoms with Crippen LogP contribution in [-0.2, 0) is 10.8 Å². The monoisotopic (exact) mass is 846 g/mol. The molecule has 2 heterocycles. The minimum Gasteiger partial charge on any atom is -0.292 e. The van der Waals surface area contributed by atoms with Gasteiger partial charge in [-0.3, -0.25) is 9.13 Å². The highest BCUT2D eigenvalue weighted by molar-refractivity contribution is 5.92. The van der Waals surface area contributed by atoms with Crippen molar-refractivity contribution in [2.45, 2.75) is 38.5 Å². The first-order valence-electron chi connectivity index (χ1n) is 23.0. The Hall–Kier alpha value is -8.08. The molecule has 11 aromatic rings. The predicted octanol–water partition coefficient (Wildman–Crippen LogP) is 15.6. The van der Waals surface area contributed by atoms with Gasteiger partial charge in [0.05, 0.1) is 22.1 Å². The first kappa shape index (κ1) is 38.4. The van der Waals surface area contributed by atoms with Gasteiger partial charge < -0.3 is 0 Å². The molecule has 13 rings (SSSR count). The molecule has 0 spiro atoms. The van der Waals surface area contributed by atoms with Gasteiger partial charge in [-0.25, -0.2) is 9.97 Å². The van der Waals surface area contributed by atoms with Crippen molar-refractivity contribution in [1.29, 1.82) is 0 Å². The number of aromatic nitrogens is 4. The third-order valence-corrected chi connectivity index (χ3v) is 14.5. The second-order valence-electron chi connectivity index (χ2n) is 19.1. The van der Waals surface area contributed by atoms with Crippen LogP contribution in [0.5, 0.6) is 0 Å². The molecular formula is C62H46N4. The van der Waals surface area contributed by atoms with Crippen LogP contribution in [0.1, 0.15) is 49.9 Å². The summed E-state index contributed by atoms with van der Waals surface area (Å²) in [6.07, 6.45) is 0. The van der Waals surface area contributed by atoms with Gasteiger partial charge in [-0.2, -0.15) is 0 Å². The van der Waals surface area contributed by atoms with Crippen LogP contribution >= 0.6 is 0 Å². The first-order valence-corrected chi connectivity index (χ1v) is 23.0. The number of benzene rings is 9. The highest BCUT2D eigenvalue weighted by Crippen LogP contribution is 2.57. The van der Waals surface area contributed by atoms with Gasteiger partial charge in [0.15, 0.2) is 0 Å². The molecule has 0 saturated carbocycles. The van der Waals surface area contributed by atoms with Crippen LogP contribution < -0.4 is 0 Å². The summed E-state index contributed by atoms with van der Waals surface area (Å²) in [6, 6.07) is 75.0. The summed E-state index contributed by atoms with van der Waals surface area (Å²) >= 11 is 0. The van der Waals surface area contributed by atoms with E-state index in [1.807, 2.05) is 0 Å². The van der Waals surface area contributed by atoms with Gasteiger partial charge >= 0.3 is 0 Å². The van der Waals surface area contributed by atoms with E-state index in [2.05, 4.69) is 243 Å². The van der Waals surface area contributed by atoms with E-state index in [1.54, 1.807) is 0 Å². The van der Waals surface area contributed by atoms with Crippen LogP contribution in [-0.4, -0.2) is 19.1 Å². The van der Waals surface area contributed by atoms with Crippen LogP contribution in [0.4, 0.5) is 0 Å². The number of imidazole rings is 2. The lowest BCUT2D eigenvalue weighted by molar-refractivity contribution is 0.652. The number of para-hydroxylation sites is 4. The topological polar surface area (TPSA) is 35.6 Å². The van der Waals surface area contributed by atoms with Crippen molar-refractivity contribution in [1.82, 2.24) is 19.1 Å². The summed E-state index contributed by atoms with van der Waals surface area (Å²) in [4.78, 5) is 10.2. The Kier molecular flexibility index (Phi) is 8.26. The van der Waals surface area contributed by atoms with Crippen molar-refractivity contribution in [3.8, 4) is 78.7 Å². The molecular weight excluding hydrogens is 801 g/mol. The third-order valence-electron chi connectivity index (χ3n) is 14.5. The second-order valence-corrected chi connectivity index (χ2v) is 19.1. The van der Waals surface area contributed by atoms with Gasteiger partial charge in [0, 0.05) is 33.3 Å². The summed E-state index contributed by atoms with van der Waals surface area (Å²) in [6.45, 7) is 9.60. The van der Waals surface area contributed by atoms with Crippen molar-refractivity contribution >= 4 is 22.1 Å². The summed E-state index contributed by atoms with van der Waals surface area (Å²) in [5, 5.41) is 0. The smallest absolute Gasteiger partial charge is 0.145 e. The van der Waals surface area contributed by atoms with E-state index in [1.165, 1.54) is 66.8 Å². The molecule has 0 unspecified atom stereocenters. The molecule has 0 atom stereocenters. The molecule has 0 radical (unpaired) electrons. The Morgan fingerprint density at radius 1 is 0.303 bits per heavy atom. The van der Waals surface area contributed by atoms with Crippen molar-refractivity contribution < 1.29 is 0 Å². The Balaban J connectivity index is 0.857. The van der Waals surface area contributed by atoms with E-state index in [0.717, 1.165) is 56.2 Å². The zero-order valence-corrected chi connectivity index (χ0v) is 37.4. The fourth-order valence-corrected chi connectivity index (χ4v) is 11.1. The van der Waals surface area contributed by atoms with Crippen LogP contribution in [0.2, 0.25) is 0 Å². The van der Waals surface area contributed by atoms with Gasteiger partial charge in [0.25, 0.3) is 0 Å². The quantitative estimate of drug-likeness (QED) is 0.167. The standard InChI is InChI=1S/C62H46N4/c1-61(2)51-35-43(41-21-15-23-45(33-41)65-57-27-13-11-25-55(57)63-59(65)39-17-7-5-8-18-39)29-31-47(51)49-38-54-50(37-53(49)61)48-32-30-44(36-52(48)62(54,3)4)42-22-16-24-46(34-42)66-58-28-14-12-26-56(58)64-60(66)40-19-9-6-10-20-40/h5-38H,1-4H3. The Morgan fingerprint density at radius 3 is 1.11 bits per heavy atom. The average molecular weight is 847 g/mol. The number of hydrogen-bond acceptors (Lipinski definition) is 2. The van der Waals surface area contributed by atoms with Crippen molar-refractivity contribution in [3.05, 3.63) is 229 Å². The molecule has 2 aliphatic rings. The number of fused-ring (bicyclic) bond motifs is 8. The molecule has 0 bridgehead atoms. The SMILES string of the molecule is CC1(C)c2cc(-c3cccc(-n4c(-c5ccccc5)nc5ccccc54)c3)ccc2-c2cc3c(cc21)-c1ccc(-c2cccc(-n4c(-c5ccccc5)nc5ccccc54)c2)cc1C3(C)C. The minimum atomic E-state index is -0.183. The lowest BCUT2D eigenvalue weighted by Crippen LogP contribution is -2.17. The Morgan fingerprint density at radius 2 is 0.667 bits per heavy atom. The van der Waals surface area contributed by atoms with Gasteiger partial charge in [0.2, 0.25) is 0 Å². The molecule has 314 valence electrons. The Bertz CT molecular complexity index is 3510. The maximum atomic E-state index is 5.11. The largest absolute Gasteiger partial charge is 0.292 e. The predicted molar refractivity (Wildman–Crippen MR) is 273 cm³/mol. The summed E-state index contributed by atoms with van der Waals surface area (Å²) < 4.78 is 4.60. The van der Waals surface area contributed by atoms with Crippen LogP contribution in [0.3, 0.4) is 0 Å². The van der Waals surface area contributed by atoms with E-state index in [9.17, 15) is 0 Å². The van der Waals surface area contributed by atoms with Gasteiger partial charge in [0.1, 0.15) is 11.6 Å². The number of nitrogens with zero attached hydrogens (tertiary/aromatic N) is 4. The fourth-order valence-electron chi connectivity index (χ4n) is 11.1. The van der Waals surface area contributed by atoms with Gasteiger partial charge in [-0.15, -0.1) is 0 Å². The van der Waals surface area contributed by atoms with E-state index in [0.29, 0.717) is 0 Å². The van der Waals surface area contributed by atoms with E-state index < -0.39 is 0 Å². The van der Waals surface area contributed by atoms with E-state index in [4.69, 9.17) is 9.97 Å². The molecule has 0 saturated heterocycles. The lowest BCUT2D eigenvalue weighted by Gasteiger charge is -2.24. The molecule has 4 heteroatoms. The summed E-state index contributed by atoms with van der Waals surface area (Å²) in [5.41, 5.74) is 23.9. The third kappa shape index (κ3) is 5.71. The molecule has 0 fully saturated rings.